The molecule has 2 aromatic rings. The van der Waals surface area contributed by atoms with Crippen LogP contribution in [-0.2, 0) is 4.79 Å². The largest absolute Gasteiger partial charge is 0.497 e. The van der Waals surface area contributed by atoms with Crippen molar-refractivity contribution in [3.05, 3.63) is 48.0 Å². The Labute approximate surface area is 159 Å². The van der Waals surface area contributed by atoms with Crippen molar-refractivity contribution in [2.75, 3.05) is 38.7 Å². The number of hydrogen-bond donors (Lipinski definition) is 2. The average Bonchev–Trinajstić information content (AvgIpc) is 3.16. The van der Waals surface area contributed by atoms with Crippen LogP contribution in [0.15, 0.2) is 42.5 Å². The van der Waals surface area contributed by atoms with E-state index < -0.39 is 0 Å². The second-order valence-corrected chi connectivity index (χ2v) is 6.96. The van der Waals surface area contributed by atoms with Crippen molar-refractivity contribution in [1.29, 1.82) is 0 Å². The number of amides is 1. The van der Waals surface area contributed by atoms with E-state index in [0.717, 1.165) is 42.3 Å². The summed E-state index contributed by atoms with van der Waals surface area (Å²) in [6.45, 7) is 2.63. The molecule has 6 heteroatoms. The van der Waals surface area contributed by atoms with E-state index in [1.165, 1.54) is 10.5 Å². The molecule has 0 radical (unpaired) electrons. The maximum atomic E-state index is 12.5. The van der Waals surface area contributed by atoms with Gasteiger partial charge in [-0.3, -0.25) is 4.79 Å². The summed E-state index contributed by atoms with van der Waals surface area (Å²) in [5.74, 6) is 2.42. The second kappa shape index (κ2) is 7.88. The standard InChI is InChI=1S/C21H24N2O4/c1-25-17-7-5-16(6-8-17)22-21(24)14-23-10-2-3-18(23)15-4-9-19-20(13-15)27-12-11-26-19/h4-9,13,18H,2-3,10-12,14H2,1H3,(H,22,24)/p+1/t18-/m0/s1. The van der Waals surface area contributed by atoms with Crippen LogP contribution >= 0.6 is 0 Å². The fraction of sp³-hybridized carbons (Fsp3) is 0.381. The number of anilines is 1. The number of hydrogen-bond acceptors (Lipinski definition) is 4. The number of carbonyl (C=O) groups excluding carboxylic acids is 1. The van der Waals surface area contributed by atoms with Gasteiger partial charge in [0, 0.05) is 24.1 Å². The number of likely N-dealkylation sites (tertiary alicyclic amines) is 1. The van der Waals surface area contributed by atoms with Gasteiger partial charge in [0.25, 0.3) is 5.91 Å². The lowest BCUT2D eigenvalue weighted by Crippen LogP contribution is -3.11. The van der Waals surface area contributed by atoms with Crippen LogP contribution in [0.5, 0.6) is 17.2 Å². The summed E-state index contributed by atoms with van der Waals surface area (Å²) in [7, 11) is 1.63. The Kier molecular flexibility index (Phi) is 5.16. The maximum Gasteiger partial charge on any atom is 0.279 e. The zero-order valence-corrected chi connectivity index (χ0v) is 15.5. The molecule has 1 amide bonds. The number of carbonyl (C=O) groups is 1. The van der Waals surface area contributed by atoms with Crippen LogP contribution < -0.4 is 24.4 Å². The predicted octanol–water partition coefficient (Wildman–Crippen LogP) is 1.82. The Balaban J connectivity index is 1.41. The SMILES string of the molecule is COc1ccc(NC(=O)C[NH+]2CCC[C@H]2c2ccc3c(c2)OCCO3)cc1. The highest BCUT2D eigenvalue weighted by Gasteiger charge is 2.32. The molecule has 1 fully saturated rings. The Hall–Kier alpha value is -2.73. The molecule has 2 aromatic carbocycles. The maximum absolute atomic E-state index is 12.5. The molecule has 2 aliphatic rings. The highest BCUT2D eigenvalue weighted by molar-refractivity contribution is 5.91. The van der Waals surface area contributed by atoms with E-state index in [9.17, 15) is 4.79 Å². The quantitative estimate of drug-likeness (QED) is 0.844. The van der Waals surface area contributed by atoms with Crippen molar-refractivity contribution in [3.8, 4) is 17.2 Å². The van der Waals surface area contributed by atoms with Crippen LogP contribution in [0.25, 0.3) is 0 Å². The third kappa shape index (κ3) is 4.01. The molecule has 1 unspecified atom stereocenters. The first kappa shape index (κ1) is 17.7. The zero-order chi connectivity index (χ0) is 18.6. The third-order valence-corrected chi connectivity index (χ3v) is 5.21. The van der Waals surface area contributed by atoms with E-state index in [4.69, 9.17) is 14.2 Å². The summed E-state index contributed by atoms with van der Waals surface area (Å²) in [5, 5.41) is 2.98. The van der Waals surface area contributed by atoms with Gasteiger partial charge in [-0.2, -0.15) is 0 Å². The minimum atomic E-state index is 0.0274. The van der Waals surface area contributed by atoms with Crippen molar-refractivity contribution in [2.45, 2.75) is 18.9 Å². The molecule has 142 valence electrons. The highest BCUT2D eigenvalue weighted by atomic mass is 16.6. The van der Waals surface area contributed by atoms with Gasteiger partial charge in [0.2, 0.25) is 0 Å². The van der Waals surface area contributed by atoms with E-state index in [1.54, 1.807) is 7.11 Å². The number of fused-ring (bicyclic) bond motifs is 1. The number of nitrogens with one attached hydrogen (secondary N) is 2. The molecular formula is C21H25N2O4+. The predicted molar refractivity (Wildman–Crippen MR) is 102 cm³/mol. The van der Waals surface area contributed by atoms with Crippen LogP contribution in [0.4, 0.5) is 5.69 Å². The lowest BCUT2D eigenvalue weighted by atomic mass is 10.0. The lowest BCUT2D eigenvalue weighted by molar-refractivity contribution is -0.910. The fourth-order valence-electron chi connectivity index (χ4n) is 3.89. The molecule has 0 saturated carbocycles. The van der Waals surface area contributed by atoms with Gasteiger partial charge in [0.1, 0.15) is 25.0 Å². The topological polar surface area (TPSA) is 61.2 Å². The summed E-state index contributed by atoms with van der Waals surface area (Å²) >= 11 is 0. The van der Waals surface area contributed by atoms with E-state index >= 15 is 0 Å². The smallest absolute Gasteiger partial charge is 0.279 e. The third-order valence-electron chi connectivity index (χ3n) is 5.21. The summed E-state index contributed by atoms with van der Waals surface area (Å²) in [6.07, 6.45) is 2.19. The van der Waals surface area contributed by atoms with Crippen molar-refractivity contribution < 1.29 is 23.9 Å². The zero-order valence-electron chi connectivity index (χ0n) is 15.5. The normalized spacial score (nSPS) is 20.9. The fourth-order valence-corrected chi connectivity index (χ4v) is 3.89. The molecule has 4 rings (SSSR count). The first-order valence-corrected chi connectivity index (χ1v) is 9.41. The van der Waals surface area contributed by atoms with Gasteiger partial charge in [-0.25, -0.2) is 0 Å². The van der Waals surface area contributed by atoms with Crippen LogP contribution in [0.1, 0.15) is 24.4 Å². The Morgan fingerprint density at radius 2 is 1.93 bits per heavy atom. The molecule has 2 aliphatic heterocycles. The van der Waals surface area contributed by atoms with Gasteiger partial charge in [-0.05, 0) is 42.5 Å². The van der Waals surface area contributed by atoms with Crippen molar-refractivity contribution in [3.63, 3.8) is 0 Å². The molecule has 6 nitrogen and oxygen atoms in total. The monoisotopic (exact) mass is 369 g/mol. The minimum Gasteiger partial charge on any atom is -0.497 e. The van der Waals surface area contributed by atoms with E-state index in [1.807, 2.05) is 30.3 Å². The highest BCUT2D eigenvalue weighted by Crippen LogP contribution is 2.33. The molecule has 1 saturated heterocycles. The van der Waals surface area contributed by atoms with Crippen molar-refractivity contribution in [1.82, 2.24) is 0 Å². The number of benzene rings is 2. The Morgan fingerprint density at radius 1 is 1.15 bits per heavy atom. The molecule has 0 aromatic heterocycles. The molecular weight excluding hydrogens is 344 g/mol. The van der Waals surface area contributed by atoms with Crippen molar-refractivity contribution >= 4 is 11.6 Å². The summed E-state index contributed by atoms with van der Waals surface area (Å²) in [6, 6.07) is 13.9. The van der Waals surface area contributed by atoms with Crippen LogP contribution in [-0.4, -0.2) is 39.3 Å². The van der Waals surface area contributed by atoms with Gasteiger partial charge in [-0.15, -0.1) is 0 Å². The lowest BCUT2D eigenvalue weighted by Gasteiger charge is -2.24. The molecule has 2 N–H and O–H groups in total. The van der Waals surface area contributed by atoms with Gasteiger partial charge < -0.3 is 24.4 Å². The minimum absolute atomic E-state index is 0.0274. The van der Waals surface area contributed by atoms with Crippen LogP contribution in [0.3, 0.4) is 0 Å². The number of rotatable bonds is 5. The molecule has 27 heavy (non-hydrogen) atoms. The summed E-state index contributed by atoms with van der Waals surface area (Å²) in [4.78, 5) is 13.8. The first-order chi connectivity index (χ1) is 13.2. The average molecular weight is 369 g/mol. The van der Waals surface area contributed by atoms with Crippen LogP contribution in [0, 0.1) is 0 Å². The molecule has 2 heterocycles. The molecule has 0 bridgehead atoms. The van der Waals surface area contributed by atoms with E-state index in [-0.39, 0.29) is 5.91 Å². The summed E-state index contributed by atoms with van der Waals surface area (Å²) in [5.41, 5.74) is 2.00. The van der Waals surface area contributed by atoms with Crippen molar-refractivity contribution in [2.24, 2.45) is 0 Å². The van der Waals surface area contributed by atoms with Gasteiger partial charge in [-0.1, -0.05) is 0 Å². The first-order valence-electron chi connectivity index (χ1n) is 9.41. The Bertz CT molecular complexity index is 806. The van der Waals surface area contributed by atoms with Gasteiger partial charge in [0.15, 0.2) is 18.0 Å². The van der Waals surface area contributed by atoms with Crippen LogP contribution in [0.2, 0.25) is 0 Å². The Morgan fingerprint density at radius 3 is 2.70 bits per heavy atom. The number of methoxy groups -OCH3 is 1. The summed E-state index contributed by atoms with van der Waals surface area (Å²) < 4.78 is 16.5. The second-order valence-electron chi connectivity index (χ2n) is 6.96. The van der Waals surface area contributed by atoms with Gasteiger partial charge >= 0.3 is 0 Å². The van der Waals surface area contributed by atoms with E-state index in [2.05, 4.69) is 17.4 Å². The molecule has 0 aliphatic carbocycles. The molecule has 2 atom stereocenters. The number of quaternary nitrogens is 1. The number of ether oxygens (including phenoxy) is 3. The van der Waals surface area contributed by atoms with E-state index in [0.29, 0.717) is 25.8 Å². The molecule has 0 spiro atoms. The van der Waals surface area contributed by atoms with Gasteiger partial charge in [0.05, 0.1) is 13.7 Å².